The first-order valence-electron chi connectivity index (χ1n) is 11.0. The Morgan fingerprint density at radius 2 is 1.89 bits per heavy atom. The van der Waals surface area contributed by atoms with Crippen molar-refractivity contribution in [1.29, 1.82) is 0 Å². The van der Waals surface area contributed by atoms with E-state index in [9.17, 15) is 18.0 Å². The van der Waals surface area contributed by atoms with Gasteiger partial charge in [0.25, 0.3) is 5.91 Å². The van der Waals surface area contributed by atoms with E-state index in [1.165, 1.54) is 30.1 Å². The van der Waals surface area contributed by atoms with Crippen LogP contribution in [0.2, 0.25) is 10.2 Å². The summed E-state index contributed by atoms with van der Waals surface area (Å²) in [4.78, 5) is 19.8. The molecule has 36 heavy (non-hydrogen) atoms. The van der Waals surface area contributed by atoms with E-state index in [0.29, 0.717) is 27.9 Å². The minimum absolute atomic E-state index is 0.0180. The predicted molar refractivity (Wildman–Crippen MR) is 129 cm³/mol. The van der Waals surface area contributed by atoms with Crippen molar-refractivity contribution < 1.29 is 18.0 Å². The van der Waals surface area contributed by atoms with Crippen molar-refractivity contribution in [3.63, 3.8) is 0 Å². The van der Waals surface area contributed by atoms with Crippen LogP contribution in [-0.2, 0) is 13.5 Å². The Morgan fingerprint density at radius 3 is 2.53 bits per heavy atom. The number of carbonyl (C=O) groups is 1. The van der Waals surface area contributed by atoms with Crippen LogP contribution >= 0.6 is 23.2 Å². The summed E-state index contributed by atoms with van der Waals surface area (Å²) in [5, 5.41) is 8.53. The molecule has 1 aliphatic rings. The van der Waals surface area contributed by atoms with E-state index in [-0.39, 0.29) is 16.3 Å². The van der Waals surface area contributed by atoms with Gasteiger partial charge in [-0.25, -0.2) is 9.50 Å². The Labute approximate surface area is 213 Å². The highest BCUT2D eigenvalue weighted by atomic mass is 35.5. The molecule has 4 heterocycles. The minimum Gasteiger partial charge on any atom is -0.339 e. The van der Waals surface area contributed by atoms with E-state index in [0.717, 1.165) is 31.3 Å². The second-order valence-corrected chi connectivity index (χ2v) is 9.33. The van der Waals surface area contributed by atoms with Crippen LogP contribution in [-0.4, -0.2) is 55.0 Å². The van der Waals surface area contributed by atoms with E-state index >= 15 is 0 Å². The van der Waals surface area contributed by atoms with Gasteiger partial charge in [0.1, 0.15) is 0 Å². The number of halogens is 5. The molecule has 1 amide bonds. The summed E-state index contributed by atoms with van der Waals surface area (Å²) < 4.78 is 45.4. The molecule has 5 rings (SSSR count). The molecular formula is C23H20Cl2F3N7O. The normalized spacial score (nSPS) is 14.7. The second-order valence-electron chi connectivity index (χ2n) is 8.53. The summed E-state index contributed by atoms with van der Waals surface area (Å²) in [6.45, 7) is 0.661. The quantitative estimate of drug-likeness (QED) is 0.356. The van der Waals surface area contributed by atoms with Crippen LogP contribution < -0.4 is 4.90 Å². The van der Waals surface area contributed by atoms with E-state index in [1.54, 1.807) is 28.9 Å². The van der Waals surface area contributed by atoms with Crippen molar-refractivity contribution >= 4 is 46.1 Å². The minimum atomic E-state index is -4.72. The Hall–Kier alpha value is -3.31. The predicted octanol–water partition coefficient (Wildman–Crippen LogP) is 5.23. The fourth-order valence-corrected chi connectivity index (χ4v) is 4.99. The van der Waals surface area contributed by atoms with Crippen molar-refractivity contribution in [3.05, 3.63) is 69.9 Å². The summed E-state index contributed by atoms with van der Waals surface area (Å²) in [5.41, 5.74) is 2.74. The summed E-state index contributed by atoms with van der Waals surface area (Å²) in [5.74, 6) is -0.926. The van der Waals surface area contributed by atoms with Crippen LogP contribution in [0.25, 0.3) is 5.65 Å². The highest BCUT2D eigenvalue weighted by Gasteiger charge is 2.46. The molecule has 4 aromatic rings. The first kappa shape index (κ1) is 24.4. The van der Waals surface area contributed by atoms with Crippen molar-refractivity contribution in [2.45, 2.75) is 25.1 Å². The lowest BCUT2D eigenvalue weighted by Gasteiger charge is -2.32. The molecule has 0 radical (unpaired) electrons. The van der Waals surface area contributed by atoms with Crippen LogP contribution in [0.4, 0.5) is 24.5 Å². The van der Waals surface area contributed by atoms with Gasteiger partial charge < -0.3 is 9.80 Å². The number of carbonyl (C=O) groups excluding carboxylic acids is 1. The van der Waals surface area contributed by atoms with E-state index in [1.807, 2.05) is 4.90 Å². The first-order chi connectivity index (χ1) is 17.0. The van der Waals surface area contributed by atoms with E-state index in [2.05, 4.69) is 15.2 Å². The van der Waals surface area contributed by atoms with Gasteiger partial charge in [-0.1, -0.05) is 35.3 Å². The van der Waals surface area contributed by atoms with Gasteiger partial charge in [-0.05, 0) is 30.5 Å². The van der Waals surface area contributed by atoms with Crippen molar-refractivity contribution in [2.75, 3.05) is 18.5 Å². The third-order valence-corrected chi connectivity index (χ3v) is 6.60. The zero-order valence-corrected chi connectivity index (χ0v) is 20.7. The number of anilines is 2. The number of aryl methyl sites for hydroxylation is 2. The second kappa shape index (κ2) is 8.97. The van der Waals surface area contributed by atoms with Crippen molar-refractivity contribution in [3.8, 4) is 0 Å². The van der Waals surface area contributed by atoms with Gasteiger partial charge in [0, 0.05) is 38.6 Å². The smallest absolute Gasteiger partial charge is 0.339 e. The van der Waals surface area contributed by atoms with Gasteiger partial charge in [-0.15, -0.1) is 0 Å². The molecule has 1 aromatic carbocycles. The average molecular weight is 538 g/mol. The lowest BCUT2D eigenvalue weighted by molar-refractivity contribution is -0.176. The summed E-state index contributed by atoms with van der Waals surface area (Å²) in [6.07, 6.45) is -0.0634. The molecule has 0 unspecified atom stereocenters. The SMILES string of the molecule is CN(C(=O)c1nn(C)cc1Cl)[C@@H](c1ccc(N2CCCc3c2cnc2cc(Cl)nn32)cc1)C(F)(F)F. The number of hydrogen-bond donors (Lipinski definition) is 0. The maximum atomic E-state index is 14.1. The molecule has 0 fully saturated rings. The number of alkyl halides is 3. The monoisotopic (exact) mass is 537 g/mol. The number of aromatic nitrogens is 5. The Balaban J connectivity index is 1.47. The third kappa shape index (κ3) is 4.26. The molecule has 0 aliphatic carbocycles. The molecule has 13 heteroatoms. The number of nitrogens with zero attached hydrogens (tertiary/aromatic N) is 7. The maximum absolute atomic E-state index is 14.1. The molecular weight excluding hydrogens is 518 g/mol. The van der Waals surface area contributed by atoms with E-state index < -0.39 is 18.1 Å². The standard InChI is InChI=1S/C23H20Cl2F3N7O/c1-32-12-15(24)20(31-32)22(36)33(2)21(23(26,27)28)13-5-7-14(8-6-13)34-9-3-4-16-17(34)11-29-19-10-18(25)30-35(16)19/h5-8,10-12,21H,3-4,9H2,1-2H3/t21-/m0/s1. The van der Waals surface area contributed by atoms with Crippen LogP contribution in [0.15, 0.2) is 42.7 Å². The number of amides is 1. The zero-order chi connectivity index (χ0) is 25.8. The highest BCUT2D eigenvalue weighted by molar-refractivity contribution is 6.33. The molecule has 8 nitrogen and oxygen atoms in total. The average Bonchev–Trinajstić information content (AvgIpc) is 3.38. The molecule has 0 saturated carbocycles. The summed E-state index contributed by atoms with van der Waals surface area (Å²) >= 11 is 12.0. The maximum Gasteiger partial charge on any atom is 0.413 e. The van der Waals surface area contributed by atoms with Gasteiger partial charge in [-0.2, -0.15) is 23.4 Å². The van der Waals surface area contributed by atoms with Gasteiger partial charge >= 0.3 is 6.18 Å². The van der Waals surface area contributed by atoms with Crippen molar-refractivity contribution in [2.24, 2.45) is 7.05 Å². The van der Waals surface area contributed by atoms with Gasteiger partial charge in [0.2, 0.25) is 0 Å². The van der Waals surface area contributed by atoms with E-state index in [4.69, 9.17) is 23.2 Å². The number of fused-ring (bicyclic) bond motifs is 3. The lowest BCUT2D eigenvalue weighted by atomic mass is 10.0. The first-order valence-corrected chi connectivity index (χ1v) is 11.7. The molecule has 0 spiro atoms. The molecule has 0 bridgehead atoms. The van der Waals surface area contributed by atoms with Crippen LogP contribution in [0.1, 0.15) is 34.2 Å². The van der Waals surface area contributed by atoms with Gasteiger partial charge in [0.05, 0.1) is 22.6 Å². The van der Waals surface area contributed by atoms with Crippen LogP contribution in [0.5, 0.6) is 0 Å². The van der Waals surface area contributed by atoms with Gasteiger partial charge in [-0.3, -0.25) is 9.48 Å². The fourth-order valence-electron chi connectivity index (χ4n) is 4.55. The molecule has 3 aromatic heterocycles. The third-order valence-electron chi connectivity index (χ3n) is 6.14. The van der Waals surface area contributed by atoms with Crippen molar-refractivity contribution in [1.82, 2.24) is 29.3 Å². The zero-order valence-electron chi connectivity index (χ0n) is 19.2. The number of hydrogen-bond acceptors (Lipinski definition) is 5. The molecule has 1 aliphatic heterocycles. The topological polar surface area (TPSA) is 71.6 Å². The molecule has 188 valence electrons. The largest absolute Gasteiger partial charge is 0.413 e. The molecule has 0 saturated heterocycles. The summed E-state index contributed by atoms with van der Waals surface area (Å²) in [7, 11) is 2.62. The molecule has 0 N–H and O–H groups in total. The number of rotatable bonds is 4. The fraction of sp³-hybridized carbons (Fsp3) is 0.304. The molecule has 1 atom stereocenters. The Bertz CT molecular complexity index is 1450. The highest BCUT2D eigenvalue weighted by Crippen LogP contribution is 2.40. The van der Waals surface area contributed by atoms with Crippen LogP contribution in [0, 0.1) is 0 Å². The lowest BCUT2D eigenvalue weighted by Crippen LogP contribution is -2.40. The summed E-state index contributed by atoms with van der Waals surface area (Å²) in [6, 6.07) is 5.46. The van der Waals surface area contributed by atoms with Gasteiger partial charge in [0.15, 0.2) is 22.5 Å². The Kier molecular flexibility index (Phi) is 6.08. The number of benzene rings is 1. The van der Waals surface area contributed by atoms with Crippen LogP contribution in [0.3, 0.4) is 0 Å². The Morgan fingerprint density at radius 1 is 1.17 bits per heavy atom.